The van der Waals surface area contributed by atoms with Crippen LogP contribution in [0.4, 0.5) is 11.4 Å². The van der Waals surface area contributed by atoms with Gasteiger partial charge < -0.3 is 41.0 Å². The van der Waals surface area contributed by atoms with Crippen molar-refractivity contribution in [2.75, 3.05) is 17.7 Å². The number of nitrogens with zero attached hydrogens (tertiary/aromatic N) is 5. The second-order valence-electron chi connectivity index (χ2n) is 9.65. The van der Waals surface area contributed by atoms with Gasteiger partial charge in [-0.2, -0.15) is 4.68 Å². The molecule has 2 aromatic heterocycles. The number of hydrogen-bond acceptors (Lipinski definition) is 11. The lowest BCUT2D eigenvalue weighted by molar-refractivity contribution is -0.121. The minimum Gasteiger partial charge on any atom is -0.390 e. The zero-order chi connectivity index (χ0) is 30.5. The number of aromatic amines is 1. The number of aliphatic hydroxyl groups is 3. The molecule has 3 heterocycles. The molecule has 16 heteroatoms. The van der Waals surface area contributed by atoms with E-state index in [0.717, 1.165) is 0 Å². The second kappa shape index (κ2) is 13.1. The second-order valence-corrected chi connectivity index (χ2v) is 10.1. The molecular weight excluding hydrogens is 582 g/mol. The number of amides is 2. The van der Waals surface area contributed by atoms with Crippen LogP contribution in [-0.4, -0.2) is 83.0 Å². The number of hydrogen-bond donors (Lipinski definition) is 7. The Labute approximate surface area is 249 Å². The summed E-state index contributed by atoms with van der Waals surface area (Å²) in [6, 6.07) is 9.10. The summed E-state index contributed by atoms with van der Waals surface area (Å²) in [7, 11) is 1.32. The highest BCUT2D eigenvalue weighted by Gasteiger charge is 2.28. The Balaban J connectivity index is 1.43. The van der Waals surface area contributed by atoms with E-state index in [1.54, 1.807) is 42.5 Å². The molecule has 43 heavy (non-hydrogen) atoms. The predicted octanol–water partition coefficient (Wildman–Crippen LogP) is 1.36. The molecule has 0 radical (unpaired) electrons. The minimum absolute atomic E-state index is 0.140. The van der Waals surface area contributed by atoms with Crippen molar-refractivity contribution in [1.29, 1.82) is 0 Å². The van der Waals surface area contributed by atoms with E-state index in [0.29, 0.717) is 44.7 Å². The molecule has 0 fully saturated rings. The largest absolute Gasteiger partial charge is 0.390 e. The fraction of sp³-hybridized carbons (Fsp3) is 0.259. The molecule has 2 aromatic carbocycles. The van der Waals surface area contributed by atoms with Crippen LogP contribution in [0.3, 0.4) is 0 Å². The first-order valence-corrected chi connectivity index (χ1v) is 13.4. The molecule has 7 N–H and O–H groups in total. The van der Waals surface area contributed by atoms with Crippen LogP contribution in [-0.2, 0) is 14.3 Å². The number of H-pyrrole nitrogens is 1. The lowest BCUT2D eigenvalue weighted by Crippen LogP contribution is -2.36. The Morgan fingerprint density at radius 2 is 2.07 bits per heavy atom. The topological polar surface area (TPSA) is 212 Å². The first kappa shape index (κ1) is 29.8. The number of aliphatic hydroxyl groups excluding tert-OH is 3. The highest BCUT2D eigenvalue weighted by atomic mass is 35.5. The maximum atomic E-state index is 13.1. The van der Waals surface area contributed by atoms with Crippen LogP contribution in [0.25, 0.3) is 23.0 Å². The van der Waals surface area contributed by atoms with E-state index in [9.17, 15) is 24.9 Å². The molecule has 1 aliphatic rings. The van der Waals surface area contributed by atoms with Gasteiger partial charge in [0.15, 0.2) is 0 Å². The number of methoxy groups -OCH3 is 1. The van der Waals surface area contributed by atoms with Gasteiger partial charge in [-0.05, 0) is 52.9 Å². The number of tetrazole rings is 1. The lowest BCUT2D eigenvalue weighted by Gasteiger charge is -2.24. The van der Waals surface area contributed by atoms with Gasteiger partial charge in [0.1, 0.15) is 12.2 Å². The summed E-state index contributed by atoms with van der Waals surface area (Å²) in [5, 5.41) is 51.0. The van der Waals surface area contributed by atoms with Crippen molar-refractivity contribution in [2.45, 2.75) is 37.5 Å². The third-order valence-corrected chi connectivity index (χ3v) is 6.89. The van der Waals surface area contributed by atoms with Crippen molar-refractivity contribution < 1.29 is 29.6 Å². The summed E-state index contributed by atoms with van der Waals surface area (Å²) < 4.78 is 6.25. The van der Waals surface area contributed by atoms with Gasteiger partial charge in [-0.1, -0.05) is 11.6 Å². The average Bonchev–Trinajstić information content (AvgIpc) is 3.68. The molecule has 0 spiro atoms. The molecule has 2 unspecified atom stereocenters. The molecule has 224 valence electrons. The van der Waals surface area contributed by atoms with Crippen LogP contribution in [0.15, 0.2) is 55.0 Å². The molecule has 4 aromatic rings. The predicted molar refractivity (Wildman–Crippen MR) is 155 cm³/mol. The molecule has 2 bridgehead atoms. The van der Waals surface area contributed by atoms with E-state index in [-0.39, 0.29) is 6.42 Å². The molecule has 0 saturated carbocycles. The Morgan fingerprint density at radius 1 is 1.23 bits per heavy atom. The first-order valence-electron chi connectivity index (χ1n) is 13.0. The number of halogens is 1. The summed E-state index contributed by atoms with van der Waals surface area (Å²) in [6.07, 6.45) is 1.12. The molecule has 0 saturated heterocycles. The maximum absolute atomic E-state index is 13.1. The molecule has 0 aliphatic carbocycles. The highest BCUT2D eigenvalue weighted by molar-refractivity contribution is 6.30. The zero-order valence-corrected chi connectivity index (χ0v) is 23.4. The number of anilines is 2. The van der Waals surface area contributed by atoms with E-state index in [4.69, 9.17) is 16.3 Å². The summed E-state index contributed by atoms with van der Waals surface area (Å²) >= 11 is 6.17. The lowest BCUT2D eigenvalue weighted by atomic mass is 10.0. The van der Waals surface area contributed by atoms with Gasteiger partial charge in [0.25, 0.3) is 0 Å². The van der Waals surface area contributed by atoms with Crippen molar-refractivity contribution in [3.05, 3.63) is 71.4 Å². The number of rotatable bonds is 7. The highest BCUT2D eigenvalue weighted by Crippen LogP contribution is 2.32. The molecular formula is C27H28ClN9O6. The summed E-state index contributed by atoms with van der Waals surface area (Å²) in [6.45, 7) is 0. The van der Waals surface area contributed by atoms with Crippen LogP contribution in [0.5, 0.6) is 0 Å². The maximum Gasteiger partial charge on any atom is 0.244 e. The van der Waals surface area contributed by atoms with Gasteiger partial charge in [0, 0.05) is 41.4 Å². The monoisotopic (exact) mass is 609 g/mol. The Morgan fingerprint density at radius 3 is 2.84 bits per heavy atom. The average molecular weight is 610 g/mol. The van der Waals surface area contributed by atoms with Gasteiger partial charge in [-0.25, -0.2) is 4.98 Å². The van der Waals surface area contributed by atoms with E-state index < -0.39 is 42.9 Å². The molecule has 1 aliphatic heterocycles. The fourth-order valence-corrected chi connectivity index (χ4v) is 4.69. The third kappa shape index (κ3) is 7.22. The summed E-state index contributed by atoms with van der Waals surface area (Å²) in [5.41, 5.74) is 3.02. The van der Waals surface area contributed by atoms with Gasteiger partial charge in [-0.3, -0.25) is 9.59 Å². The Hall–Kier alpha value is -4.67. The van der Waals surface area contributed by atoms with Crippen LogP contribution in [0.2, 0.25) is 5.02 Å². The van der Waals surface area contributed by atoms with Gasteiger partial charge in [0.05, 0.1) is 47.9 Å². The van der Waals surface area contributed by atoms with Crippen molar-refractivity contribution in [3.63, 3.8) is 0 Å². The Bertz CT molecular complexity index is 1630. The quantitative estimate of drug-likeness (QED) is 0.117. The molecule has 4 atom stereocenters. The van der Waals surface area contributed by atoms with Crippen LogP contribution >= 0.6 is 11.6 Å². The van der Waals surface area contributed by atoms with Crippen molar-refractivity contribution in [2.24, 2.45) is 0 Å². The van der Waals surface area contributed by atoms with E-state index in [2.05, 4.69) is 41.4 Å². The zero-order valence-electron chi connectivity index (χ0n) is 22.7. The number of imidazole rings is 1. The smallest absolute Gasteiger partial charge is 0.244 e. The van der Waals surface area contributed by atoms with Crippen molar-refractivity contribution in [3.8, 4) is 16.9 Å². The van der Waals surface area contributed by atoms with Gasteiger partial charge >= 0.3 is 0 Å². The number of carbonyl (C=O) groups excluding carboxylic acids is 2. The molecule has 2 amide bonds. The molecule has 5 rings (SSSR count). The molecule has 15 nitrogen and oxygen atoms in total. The van der Waals surface area contributed by atoms with Crippen molar-refractivity contribution in [1.82, 2.24) is 35.5 Å². The number of carbonyl (C=O) groups is 2. The fourth-order valence-electron chi connectivity index (χ4n) is 4.51. The number of fused-ring (bicyclic) bond motifs is 4. The SMILES string of the molecule is COC(O)Nc1ccc2c(c1)NC(=O)CC(O)[C@H](O)C[C@H](NC(=O)/C=C/c1cc(Cl)ccc1-n1cnnn1)c1ncc-2[nH]1. The van der Waals surface area contributed by atoms with Gasteiger partial charge in [-0.15, -0.1) is 5.10 Å². The third-order valence-electron chi connectivity index (χ3n) is 6.65. The van der Waals surface area contributed by atoms with Gasteiger partial charge in [0.2, 0.25) is 18.2 Å². The van der Waals surface area contributed by atoms with Crippen LogP contribution in [0, 0.1) is 0 Å². The van der Waals surface area contributed by atoms with E-state index in [1.807, 2.05) is 0 Å². The number of ether oxygens (including phenoxy) is 1. The standard InChI is InChI=1S/C27H28ClN9O6/c1-43-27(42)31-16-4-5-17-18(9-16)32-25(41)11-23(39)22(38)10-19(26-29-12-20(17)34-26)33-24(40)7-2-14-8-15(28)3-6-21(14)37-13-30-35-36-37/h2-9,12-13,19,22-23,27,31,38-39,42H,10-11H2,1H3,(H,29,34)(H,32,41)(H,33,40)/b7-2+/t19-,22+,23?,27?/m0/s1. The van der Waals surface area contributed by atoms with E-state index in [1.165, 1.54) is 30.4 Å². The Kier molecular flexibility index (Phi) is 9.08. The summed E-state index contributed by atoms with van der Waals surface area (Å²) in [4.78, 5) is 33.4. The van der Waals surface area contributed by atoms with Crippen molar-refractivity contribution >= 4 is 40.9 Å². The summed E-state index contributed by atoms with van der Waals surface area (Å²) in [5.74, 6) is -0.763. The first-order chi connectivity index (χ1) is 20.7. The normalized spacial score (nSPS) is 19.6. The van der Waals surface area contributed by atoms with Crippen LogP contribution < -0.4 is 16.0 Å². The number of aromatic nitrogens is 6. The van der Waals surface area contributed by atoms with E-state index >= 15 is 0 Å². The van der Waals surface area contributed by atoms with Crippen LogP contribution in [0.1, 0.15) is 30.3 Å². The number of benzene rings is 2. The number of nitrogens with one attached hydrogen (secondary N) is 4. The minimum atomic E-state index is -1.44.